The molecule has 0 N–H and O–H groups in total. The maximum absolute atomic E-state index is 14.5. The Labute approximate surface area is 250 Å². The molecule has 41 heavy (non-hydrogen) atoms. The average molecular weight is 594 g/mol. The van der Waals surface area contributed by atoms with Gasteiger partial charge in [-0.1, -0.05) is 47.5 Å². The maximum Gasteiger partial charge on any atom is 0.307 e. The van der Waals surface area contributed by atoms with Gasteiger partial charge in [0.1, 0.15) is 5.01 Å². The lowest BCUT2D eigenvalue weighted by Gasteiger charge is -2.39. The molecule has 1 aromatic heterocycles. The van der Waals surface area contributed by atoms with Crippen LogP contribution in [0.1, 0.15) is 110 Å². The summed E-state index contributed by atoms with van der Waals surface area (Å²) in [7, 11) is 1.98. The summed E-state index contributed by atoms with van der Waals surface area (Å²) in [4.78, 5) is 60.8. The van der Waals surface area contributed by atoms with Crippen LogP contribution in [0.3, 0.4) is 0 Å². The lowest BCUT2D eigenvalue weighted by molar-refractivity contribution is -0.161. The van der Waals surface area contributed by atoms with E-state index in [2.05, 4.69) is 9.88 Å². The second kappa shape index (κ2) is 16.9. The van der Waals surface area contributed by atoms with Crippen LogP contribution in [0.4, 0.5) is 0 Å². The van der Waals surface area contributed by atoms with Gasteiger partial charge < -0.3 is 14.4 Å². The average Bonchev–Trinajstić information content (AvgIpc) is 3.35. The zero-order valence-corrected chi connectivity index (χ0v) is 27.1. The minimum absolute atomic E-state index is 0.0483. The first-order chi connectivity index (χ1) is 19.4. The van der Waals surface area contributed by atoms with Crippen LogP contribution in [0.2, 0.25) is 0 Å². The number of rotatable bonds is 16. The van der Waals surface area contributed by atoms with Gasteiger partial charge in [-0.05, 0) is 51.6 Å². The molecule has 1 saturated heterocycles. The summed E-state index contributed by atoms with van der Waals surface area (Å²) >= 11 is 1.41. The third kappa shape index (κ3) is 10.5. The Balaban J connectivity index is 2.44. The second-order valence-electron chi connectivity index (χ2n) is 11.8. The molecule has 0 bridgehead atoms. The van der Waals surface area contributed by atoms with Crippen LogP contribution in [0.25, 0.3) is 0 Å². The minimum atomic E-state index is -0.653. The number of likely N-dealkylation sites (tertiary alicyclic amines) is 1. The summed E-state index contributed by atoms with van der Waals surface area (Å²) in [6.45, 7) is 13.8. The van der Waals surface area contributed by atoms with E-state index in [0.717, 1.165) is 37.9 Å². The first kappa shape index (κ1) is 34.9. The van der Waals surface area contributed by atoms with E-state index < -0.39 is 24.0 Å². The van der Waals surface area contributed by atoms with Crippen molar-refractivity contribution < 1.29 is 28.7 Å². The van der Waals surface area contributed by atoms with E-state index >= 15 is 0 Å². The van der Waals surface area contributed by atoms with Crippen LogP contribution in [-0.2, 0) is 28.7 Å². The molecule has 2 rings (SSSR count). The van der Waals surface area contributed by atoms with Crippen molar-refractivity contribution in [1.29, 1.82) is 0 Å². The summed E-state index contributed by atoms with van der Waals surface area (Å²) in [5.74, 6) is -1.58. The Kier molecular flexibility index (Phi) is 14.4. The lowest BCUT2D eigenvalue weighted by atomic mass is 9.82. The van der Waals surface area contributed by atoms with Crippen molar-refractivity contribution in [2.24, 2.45) is 17.8 Å². The summed E-state index contributed by atoms with van der Waals surface area (Å²) in [6, 6.07) is -0.606. The number of carbonyl (C=O) groups is 4. The van der Waals surface area contributed by atoms with Gasteiger partial charge in [0.15, 0.2) is 18.6 Å². The molecule has 0 spiro atoms. The van der Waals surface area contributed by atoms with Crippen LogP contribution in [-0.4, -0.2) is 70.8 Å². The normalized spacial score (nSPS) is 18.8. The summed E-state index contributed by atoms with van der Waals surface area (Å²) < 4.78 is 11.3. The van der Waals surface area contributed by atoms with Crippen molar-refractivity contribution in [3.8, 4) is 0 Å². The fraction of sp³-hybridized carbons (Fsp3) is 0.774. The van der Waals surface area contributed by atoms with Crippen LogP contribution >= 0.6 is 11.3 Å². The Morgan fingerprint density at radius 2 is 1.88 bits per heavy atom. The van der Waals surface area contributed by atoms with Crippen LogP contribution in [0.15, 0.2) is 5.38 Å². The number of likely N-dealkylation sites (N-methyl/N-ethyl adjacent to an activating group) is 1. The van der Waals surface area contributed by atoms with Crippen LogP contribution in [0, 0.1) is 24.7 Å². The molecule has 1 fully saturated rings. The number of aryl methyl sites for hydroxylation is 1. The highest BCUT2D eigenvalue weighted by atomic mass is 32.1. The third-order valence-corrected chi connectivity index (χ3v) is 9.21. The number of esters is 2. The monoisotopic (exact) mass is 593 g/mol. The zero-order chi connectivity index (χ0) is 30.7. The molecule has 232 valence electrons. The van der Waals surface area contributed by atoms with Crippen molar-refractivity contribution in [2.45, 2.75) is 118 Å². The lowest BCUT2D eigenvalue weighted by Crippen LogP contribution is -2.50. The fourth-order valence-corrected chi connectivity index (χ4v) is 6.34. The molecule has 0 aromatic carbocycles. The van der Waals surface area contributed by atoms with Crippen molar-refractivity contribution in [3.63, 3.8) is 0 Å². The highest BCUT2D eigenvalue weighted by molar-refractivity contribution is 7.09. The number of aromatic nitrogens is 1. The molecule has 1 aliphatic rings. The van der Waals surface area contributed by atoms with Gasteiger partial charge in [-0.25, -0.2) is 4.98 Å². The number of carbonyl (C=O) groups excluding carboxylic acids is 4. The highest BCUT2D eigenvalue weighted by Crippen LogP contribution is 2.33. The van der Waals surface area contributed by atoms with E-state index in [1.54, 1.807) is 4.90 Å². The van der Waals surface area contributed by atoms with Gasteiger partial charge in [0.2, 0.25) is 5.91 Å². The zero-order valence-electron chi connectivity index (χ0n) is 26.3. The van der Waals surface area contributed by atoms with E-state index in [0.29, 0.717) is 17.8 Å². The number of amides is 1. The molecular weight excluding hydrogens is 542 g/mol. The minimum Gasteiger partial charge on any atom is -0.455 e. The number of thiazole rings is 1. The number of ether oxygens (including phenoxy) is 2. The second-order valence-corrected chi connectivity index (χ2v) is 12.7. The number of Topliss-reactive ketones (excluding diaryl/α,β-unsaturated/α-hetero) is 1. The predicted molar refractivity (Wildman–Crippen MR) is 160 cm³/mol. The molecule has 1 unspecified atom stereocenters. The quantitative estimate of drug-likeness (QED) is 0.177. The van der Waals surface area contributed by atoms with Crippen molar-refractivity contribution >= 4 is 35.0 Å². The molecule has 1 aliphatic heterocycles. The smallest absolute Gasteiger partial charge is 0.307 e. The molecule has 0 aliphatic carbocycles. The van der Waals surface area contributed by atoms with Crippen molar-refractivity contribution in [2.75, 3.05) is 20.3 Å². The SMILES string of the molecule is CCCC(=O)OCN(C(=O)[C@@H](CC(=O)[C@H]1CCCCN1C)C(C)CC)[C@H](C[C@@H](OC(C)=O)c1nc(C)cs1)C(C)C. The van der Waals surface area contributed by atoms with E-state index in [1.165, 1.54) is 18.3 Å². The molecule has 10 heteroatoms. The number of hydrogen-bond acceptors (Lipinski definition) is 9. The van der Waals surface area contributed by atoms with Gasteiger partial charge in [0.25, 0.3) is 0 Å². The van der Waals surface area contributed by atoms with Gasteiger partial charge in [0.05, 0.1) is 6.04 Å². The number of ketones is 1. The first-order valence-electron chi connectivity index (χ1n) is 15.2. The Hall–Kier alpha value is -2.33. The van der Waals surface area contributed by atoms with Crippen LogP contribution < -0.4 is 0 Å². The maximum atomic E-state index is 14.5. The molecule has 1 aromatic rings. The summed E-state index contributed by atoms with van der Waals surface area (Å²) in [6.07, 6.45) is 4.30. The van der Waals surface area contributed by atoms with Crippen LogP contribution in [0.5, 0.6) is 0 Å². The largest absolute Gasteiger partial charge is 0.455 e. The molecule has 0 saturated carbocycles. The van der Waals surface area contributed by atoms with Crippen molar-refractivity contribution in [1.82, 2.24) is 14.8 Å². The van der Waals surface area contributed by atoms with Gasteiger partial charge in [-0.15, -0.1) is 11.3 Å². The van der Waals surface area contributed by atoms with Gasteiger partial charge >= 0.3 is 11.9 Å². The Morgan fingerprint density at radius 3 is 2.41 bits per heavy atom. The molecule has 0 radical (unpaired) electrons. The predicted octanol–water partition coefficient (Wildman–Crippen LogP) is 5.71. The molecule has 2 heterocycles. The number of nitrogens with zero attached hydrogens (tertiary/aromatic N) is 3. The topological polar surface area (TPSA) is 106 Å². The van der Waals surface area contributed by atoms with Gasteiger partial charge in [-0.2, -0.15) is 0 Å². The van der Waals surface area contributed by atoms with E-state index in [9.17, 15) is 19.2 Å². The fourth-order valence-electron chi connectivity index (χ4n) is 5.50. The van der Waals surface area contributed by atoms with Gasteiger partial charge in [-0.3, -0.25) is 24.1 Å². The Bertz CT molecular complexity index is 1010. The van der Waals surface area contributed by atoms with E-state index in [-0.39, 0.29) is 55.1 Å². The standard InChI is InChI=1S/C31H51N3O6S/c1-9-13-29(37)39-19-34(26(20(3)4)17-28(40-23(7)35)30-32-22(6)18-41-30)31(38)24(21(5)10-2)16-27(36)25-14-11-12-15-33(25)8/h18,20-21,24-26,28H,9-17,19H2,1-8H3/t21?,24-,25+,26+,28+/m0/s1. The van der Waals surface area contributed by atoms with Crippen molar-refractivity contribution in [3.05, 3.63) is 16.1 Å². The molecule has 9 nitrogen and oxygen atoms in total. The third-order valence-electron chi connectivity index (χ3n) is 8.16. The molecular formula is C31H51N3O6S. The summed E-state index contributed by atoms with van der Waals surface area (Å²) in [5, 5.41) is 2.56. The van der Waals surface area contributed by atoms with E-state index in [4.69, 9.17) is 9.47 Å². The summed E-state index contributed by atoms with van der Waals surface area (Å²) in [5.41, 5.74) is 0.827. The molecule has 5 atom stereocenters. The first-order valence-corrected chi connectivity index (χ1v) is 16.1. The van der Waals surface area contributed by atoms with E-state index in [1.807, 2.05) is 54.0 Å². The van der Waals surface area contributed by atoms with Gasteiger partial charge in [0, 0.05) is 49.2 Å². The number of piperidine rings is 1. The number of hydrogen-bond donors (Lipinski definition) is 0. The molecule has 1 amide bonds. The Morgan fingerprint density at radius 1 is 1.17 bits per heavy atom. The highest BCUT2D eigenvalue weighted by Gasteiger charge is 2.39.